The average molecular weight is 251 g/mol. The Morgan fingerprint density at radius 2 is 2.06 bits per heavy atom. The normalized spacial score (nSPS) is 21.1. The monoisotopic (exact) mass is 251 g/mol. The summed E-state index contributed by atoms with van der Waals surface area (Å²) < 4.78 is 13.0. The van der Waals surface area contributed by atoms with Gasteiger partial charge in [0, 0.05) is 25.3 Å². The first kappa shape index (κ1) is 13.3. The van der Waals surface area contributed by atoms with Crippen molar-refractivity contribution in [2.24, 2.45) is 0 Å². The maximum absolute atomic E-state index is 13.0. The Morgan fingerprint density at radius 1 is 1.33 bits per heavy atom. The molecule has 100 valence electrons. The van der Waals surface area contributed by atoms with Crippen molar-refractivity contribution < 1.29 is 4.39 Å². The van der Waals surface area contributed by atoms with Gasteiger partial charge in [-0.1, -0.05) is 0 Å². The van der Waals surface area contributed by atoms with E-state index in [9.17, 15) is 4.39 Å². The van der Waals surface area contributed by atoms with Crippen LogP contribution in [0.15, 0.2) is 24.3 Å². The summed E-state index contributed by atoms with van der Waals surface area (Å²) in [4.78, 5) is 4.59. The highest BCUT2D eigenvalue weighted by atomic mass is 19.1. The summed E-state index contributed by atoms with van der Waals surface area (Å²) in [5.41, 5.74) is 1.12. The number of nitrogens with zero attached hydrogens (tertiary/aromatic N) is 2. The van der Waals surface area contributed by atoms with E-state index < -0.39 is 0 Å². The molecule has 0 radical (unpaired) electrons. The zero-order valence-electron chi connectivity index (χ0n) is 11.2. The number of benzene rings is 1. The van der Waals surface area contributed by atoms with Crippen molar-refractivity contribution in [1.82, 2.24) is 10.2 Å². The van der Waals surface area contributed by atoms with Crippen LogP contribution in [-0.2, 0) is 0 Å². The minimum Gasteiger partial charge on any atom is -0.366 e. The lowest BCUT2D eigenvalue weighted by atomic mass is 10.2. The van der Waals surface area contributed by atoms with E-state index in [-0.39, 0.29) is 5.82 Å². The van der Waals surface area contributed by atoms with Crippen LogP contribution < -0.4 is 10.2 Å². The van der Waals surface area contributed by atoms with Gasteiger partial charge < -0.3 is 15.1 Å². The zero-order chi connectivity index (χ0) is 13.0. The topological polar surface area (TPSA) is 18.5 Å². The van der Waals surface area contributed by atoms with Crippen LogP contribution in [0.25, 0.3) is 0 Å². The predicted octanol–water partition coefficient (Wildman–Crippen LogP) is 1.56. The van der Waals surface area contributed by atoms with Crippen molar-refractivity contribution in [2.75, 3.05) is 45.2 Å². The molecule has 1 heterocycles. The van der Waals surface area contributed by atoms with Gasteiger partial charge in [-0.25, -0.2) is 4.39 Å². The highest BCUT2D eigenvalue weighted by Crippen LogP contribution is 2.19. The first-order valence-electron chi connectivity index (χ1n) is 6.54. The maximum Gasteiger partial charge on any atom is 0.123 e. The fourth-order valence-electron chi connectivity index (χ4n) is 2.49. The number of hydrogen-bond donors (Lipinski definition) is 1. The summed E-state index contributed by atoms with van der Waals surface area (Å²) >= 11 is 0. The van der Waals surface area contributed by atoms with Gasteiger partial charge in [-0.15, -0.1) is 0 Å². The van der Waals surface area contributed by atoms with Crippen LogP contribution in [0.1, 0.15) is 6.42 Å². The van der Waals surface area contributed by atoms with Gasteiger partial charge >= 0.3 is 0 Å². The van der Waals surface area contributed by atoms with E-state index >= 15 is 0 Å². The number of anilines is 1. The third-order valence-electron chi connectivity index (χ3n) is 3.31. The second-order valence-corrected chi connectivity index (χ2v) is 5.14. The van der Waals surface area contributed by atoms with Crippen molar-refractivity contribution in [3.05, 3.63) is 30.1 Å². The van der Waals surface area contributed by atoms with Crippen LogP contribution >= 0.6 is 0 Å². The molecular formula is C14H22FN3. The van der Waals surface area contributed by atoms with E-state index in [1.807, 2.05) is 12.1 Å². The third kappa shape index (κ3) is 3.43. The highest BCUT2D eigenvalue weighted by molar-refractivity contribution is 5.47. The summed E-state index contributed by atoms with van der Waals surface area (Å²) in [5, 5.41) is 3.47. The lowest BCUT2D eigenvalue weighted by Gasteiger charge is -2.33. The summed E-state index contributed by atoms with van der Waals surface area (Å²) in [6.45, 7) is 4.07. The van der Waals surface area contributed by atoms with Crippen molar-refractivity contribution >= 4 is 5.69 Å². The molecular weight excluding hydrogens is 229 g/mol. The molecule has 1 fully saturated rings. The fraction of sp³-hybridized carbons (Fsp3) is 0.571. The van der Waals surface area contributed by atoms with E-state index in [2.05, 4.69) is 29.2 Å². The molecule has 2 rings (SSSR count). The van der Waals surface area contributed by atoms with Gasteiger partial charge in [-0.2, -0.15) is 0 Å². The number of likely N-dealkylation sites (N-methyl/N-ethyl adjacent to an activating group) is 1. The number of nitrogens with one attached hydrogen (secondary N) is 1. The quantitative estimate of drug-likeness (QED) is 0.879. The van der Waals surface area contributed by atoms with Crippen LogP contribution in [0.4, 0.5) is 10.1 Å². The Kier molecular flexibility index (Phi) is 4.55. The molecule has 0 bridgehead atoms. The standard InChI is InChI=1S/C14H22FN3/c1-17(2)11-14-10-16-8-3-9-18(14)13-6-4-12(15)5-7-13/h4-7,14,16H,3,8-11H2,1-2H3. The van der Waals surface area contributed by atoms with Crippen molar-refractivity contribution in [1.29, 1.82) is 0 Å². The second kappa shape index (κ2) is 6.16. The van der Waals surface area contributed by atoms with Crippen LogP contribution in [0.2, 0.25) is 0 Å². The van der Waals surface area contributed by atoms with Gasteiger partial charge in [0.2, 0.25) is 0 Å². The third-order valence-corrected chi connectivity index (χ3v) is 3.31. The molecule has 4 heteroatoms. The molecule has 0 spiro atoms. The Morgan fingerprint density at radius 3 is 2.72 bits per heavy atom. The Balaban J connectivity index is 2.16. The molecule has 0 saturated carbocycles. The number of hydrogen-bond acceptors (Lipinski definition) is 3. The van der Waals surface area contributed by atoms with Gasteiger partial charge in [0.15, 0.2) is 0 Å². The lowest BCUT2D eigenvalue weighted by Crippen LogP contribution is -2.46. The first-order valence-corrected chi connectivity index (χ1v) is 6.54. The SMILES string of the molecule is CN(C)CC1CNCCCN1c1ccc(F)cc1. The zero-order valence-corrected chi connectivity index (χ0v) is 11.2. The van der Waals surface area contributed by atoms with Gasteiger partial charge in [-0.05, 0) is 51.3 Å². The molecule has 1 unspecified atom stereocenters. The Bertz CT molecular complexity index is 364. The molecule has 0 amide bonds. The second-order valence-electron chi connectivity index (χ2n) is 5.14. The molecule has 1 saturated heterocycles. The van der Waals surface area contributed by atoms with E-state index in [4.69, 9.17) is 0 Å². The lowest BCUT2D eigenvalue weighted by molar-refractivity contribution is 0.361. The largest absolute Gasteiger partial charge is 0.366 e. The van der Waals surface area contributed by atoms with Crippen molar-refractivity contribution in [3.63, 3.8) is 0 Å². The van der Waals surface area contributed by atoms with Crippen LogP contribution in [0, 0.1) is 5.82 Å². The van der Waals surface area contributed by atoms with Gasteiger partial charge in [-0.3, -0.25) is 0 Å². The Labute approximate surface area is 109 Å². The first-order chi connectivity index (χ1) is 8.66. The minimum atomic E-state index is -0.171. The van der Waals surface area contributed by atoms with Crippen molar-refractivity contribution in [2.45, 2.75) is 12.5 Å². The highest BCUT2D eigenvalue weighted by Gasteiger charge is 2.21. The molecule has 1 aromatic rings. The minimum absolute atomic E-state index is 0.171. The predicted molar refractivity (Wildman–Crippen MR) is 73.6 cm³/mol. The van der Waals surface area contributed by atoms with Gasteiger partial charge in [0.1, 0.15) is 5.82 Å². The number of rotatable bonds is 3. The summed E-state index contributed by atoms with van der Waals surface area (Å²) in [7, 11) is 4.18. The summed E-state index contributed by atoms with van der Waals surface area (Å²) in [5.74, 6) is -0.171. The van der Waals surface area contributed by atoms with Crippen LogP contribution in [-0.4, -0.2) is 51.2 Å². The molecule has 18 heavy (non-hydrogen) atoms. The molecule has 3 nitrogen and oxygen atoms in total. The number of halogens is 1. The van der Waals surface area contributed by atoms with E-state index in [1.165, 1.54) is 0 Å². The molecule has 0 aromatic heterocycles. The molecule has 1 aliphatic heterocycles. The fourth-order valence-corrected chi connectivity index (χ4v) is 2.49. The van der Waals surface area contributed by atoms with E-state index in [0.29, 0.717) is 6.04 Å². The van der Waals surface area contributed by atoms with E-state index in [0.717, 1.165) is 38.3 Å². The van der Waals surface area contributed by atoms with Crippen LogP contribution in [0.3, 0.4) is 0 Å². The summed E-state index contributed by atoms with van der Waals surface area (Å²) in [6, 6.07) is 7.28. The molecule has 1 aromatic carbocycles. The van der Waals surface area contributed by atoms with E-state index in [1.54, 1.807) is 12.1 Å². The van der Waals surface area contributed by atoms with Gasteiger partial charge in [0.05, 0.1) is 6.04 Å². The maximum atomic E-state index is 13.0. The van der Waals surface area contributed by atoms with Crippen molar-refractivity contribution in [3.8, 4) is 0 Å². The smallest absolute Gasteiger partial charge is 0.123 e. The molecule has 1 atom stereocenters. The summed E-state index contributed by atoms with van der Waals surface area (Å²) in [6.07, 6.45) is 1.13. The molecule has 1 N–H and O–H groups in total. The van der Waals surface area contributed by atoms with Crippen LogP contribution in [0.5, 0.6) is 0 Å². The molecule has 1 aliphatic rings. The molecule has 0 aliphatic carbocycles. The van der Waals surface area contributed by atoms with Gasteiger partial charge in [0.25, 0.3) is 0 Å². The average Bonchev–Trinajstić information content (AvgIpc) is 2.55. The Hall–Kier alpha value is -1.13.